The second-order valence-corrected chi connectivity index (χ2v) is 7.13. The normalized spacial score (nSPS) is 16.9. The lowest BCUT2D eigenvalue weighted by atomic mass is 10.1. The van der Waals surface area contributed by atoms with Crippen molar-refractivity contribution in [2.45, 2.75) is 19.1 Å². The summed E-state index contributed by atoms with van der Waals surface area (Å²) in [6.45, 7) is 5.15. The third-order valence-corrected chi connectivity index (χ3v) is 4.91. The van der Waals surface area contributed by atoms with E-state index in [2.05, 4.69) is 15.9 Å². The number of aliphatic hydroxyl groups is 1. The van der Waals surface area contributed by atoms with Gasteiger partial charge in [-0.25, -0.2) is 4.39 Å². The molecule has 0 amide bonds. The molecule has 2 aromatic carbocycles. The predicted octanol–water partition coefficient (Wildman–Crippen LogP) is 2.64. The number of β-amino-alcohol motifs (C(OH)–C–C–N with tert-alkyl or cyclic N) is 1. The van der Waals surface area contributed by atoms with Gasteiger partial charge >= 0.3 is 0 Å². The average Bonchev–Trinajstić information content (AvgIpc) is 2.93. The Morgan fingerprint density at radius 2 is 1.75 bits per heavy atom. The largest absolute Gasteiger partial charge is 0.488 e. The van der Waals surface area contributed by atoms with Gasteiger partial charge in [-0.3, -0.25) is 9.80 Å². The first-order chi connectivity index (χ1) is 13.6. The fourth-order valence-corrected chi connectivity index (χ4v) is 3.41. The summed E-state index contributed by atoms with van der Waals surface area (Å²) in [6.07, 6.45) is 0.363. The lowest BCUT2D eigenvalue weighted by molar-refractivity contribution is 0.0678. The Morgan fingerprint density at radius 1 is 1.04 bits per heavy atom. The molecule has 1 atom stereocenters. The van der Waals surface area contributed by atoms with E-state index in [1.54, 1.807) is 18.2 Å². The molecule has 0 aromatic heterocycles. The fraction of sp³-hybridized carbons (Fsp3) is 0.409. The molecule has 2 aromatic rings. The SMILES string of the molecule is N#Cc1ccc(CN2CCCN(CC(O)COc3ccccc3F)CC2)cc1. The highest BCUT2D eigenvalue weighted by atomic mass is 19.1. The first-order valence-corrected chi connectivity index (χ1v) is 9.63. The van der Waals surface area contributed by atoms with Gasteiger partial charge in [0.15, 0.2) is 11.6 Å². The second kappa shape index (κ2) is 10.2. The van der Waals surface area contributed by atoms with Crippen LogP contribution in [0.1, 0.15) is 17.5 Å². The van der Waals surface area contributed by atoms with E-state index in [1.807, 2.05) is 24.3 Å². The van der Waals surface area contributed by atoms with Gasteiger partial charge in [-0.2, -0.15) is 5.26 Å². The van der Waals surface area contributed by atoms with Crippen LogP contribution in [-0.2, 0) is 6.54 Å². The minimum atomic E-state index is -0.662. The summed E-state index contributed by atoms with van der Waals surface area (Å²) in [5, 5.41) is 19.2. The Balaban J connectivity index is 1.43. The molecule has 1 heterocycles. The molecule has 148 valence electrons. The van der Waals surface area contributed by atoms with Gasteiger partial charge in [-0.05, 0) is 49.3 Å². The van der Waals surface area contributed by atoms with Crippen molar-refractivity contribution in [3.8, 4) is 11.8 Å². The Morgan fingerprint density at radius 3 is 2.50 bits per heavy atom. The lowest BCUT2D eigenvalue weighted by Crippen LogP contribution is -2.38. The van der Waals surface area contributed by atoms with Crippen LogP contribution in [0.4, 0.5) is 4.39 Å². The quantitative estimate of drug-likeness (QED) is 0.797. The summed E-state index contributed by atoms with van der Waals surface area (Å²) in [7, 11) is 0. The molecule has 1 aliphatic rings. The number of aliphatic hydroxyl groups excluding tert-OH is 1. The van der Waals surface area contributed by atoms with Gasteiger partial charge in [0.05, 0.1) is 11.6 Å². The van der Waals surface area contributed by atoms with Crippen LogP contribution in [0.25, 0.3) is 0 Å². The lowest BCUT2D eigenvalue weighted by Gasteiger charge is -2.24. The highest BCUT2D eigenvalue weighted by Crippen LogP contribution is 2.16. The summed E-state index contributed by atoms with van der Waals surface area (Å²) in [4.78, 5) is 4.62. The standard InChI is InChI=1S/C22H26FN3O2/c23-21-4-1-2-5-22(21)28-17-20(27)16-26-11-3-10-25(12-13-26)15-19-8-6-18(14-24)7-9-19/h1-2,4-9,20,27H,3,10-13,15-17H2. The molecule has 1 aliphatic heterocycles. The van der Waals surface area contributed by atoms with Gasteiger partial charge in [0.25, 0.3) is 0 Å². The first-order valence-electron chi connectivity index (χ1n) is 9.63. The minimum absolute atomic E-state index is 0.0758. The van der Waals surface area contributed by atoms with Crippen LogP contribution in [0.2, 0.25) is 0 Å². The number of nitriles is 1. The molecule has 0 aliphatic carbocycles. The summed E-state index contributed by atoms with van der Waals surface area (Å²) < 4.78 is 19.0. The molecule has 6 heteroatoms. The van der Waals surface area contributed by atoms with Crippen molar-refractivity contribution in [3.05, 3.63) is 65.5 Å². The number of halogens is 1. The second-order valence-electron chi connectivity index (χ2n) is 7.13. The number of rotatable bonds is 7. The zero-order chi connectivity index (χ0) is 19.8. The molecule has 1 N–H and O–H groups in total. The van der Waals surface area contributed by atoms with Gasteiger partial charge < -0.3 is 9.84 Å². The molecule has 28 heavy (non-hydrogen) atoms. The molecule has 0 bridgehead atoms. The van der Waals surface area contributed by atoms with E-state index in [4.69, 9.17) is 10.00 Å². The van der Waals surface area contributed by atoms with E-state index >= 15 is 0 Å². The molecule has 1 unspecified atom stereocenters. The van der Waals surface area contributed by atoms with Crippen molar-refractivity contribution in [2.75, 3.05) is 39.3 Å². The number of hydrogen-bond donors (Lipinski definition) is 1. The minimum Gasteiger partial charge on any atom is -0.488 e. The van der Waals surface area contributed by atoms with Crippen molar-refractivity contribution in [2.24, 2.45) is 0 Å². The van der Waals surface area contributed by atoms with Crippen molar-refractivity contribution < 1.29 is 14.2 Å². The summed E-state index contributed by atoms with van der Waals surface area (Å²) in [6, 6.07) is 16.1. The predicted molar refractivity (Wildman–Crippen MR) is 105 cm³/mol. The van der Waals surface area contributed by atoms with Crippen molar-refractivity contribution in [1.29, 1.82) is 5.26 Å². The molecular weight excluding hydrogens is 357 g/mol. The van der Waals surface area contributed by atoms with E-state index in [9.17, 15) is 9.50 Å². The Hall–Kier alpha value is -2.46. The van der Waals surface area contributed by atoms with E-state index in [-0.39, 0.29) is 12.4 Å². The highest BCUT2D eigenvalue weighted by molar-refractivity contribution is 5.31. The zero-order valence-corrected chi connectivity index (χ0v) is 15.9. The molecule has 0 saturated carbocycles. The van der Waals surface area contributed by atoms with Crippen LogP contribution in [0.15, 0.2) is 48.5 Å². The van der Waals surface area contributed by atoms with Crippen molar-refractivity contribution >= 4 is 0 Å². The zero-order valence-electron chi connectivity index (χ0n) is 15.9. The Bertz CT molecular complexity index is 791. The molecule has 0 radical (unpaired) electrons. The van der Waals surface area contributed by atoms with Crippen LogP contribution >= 0.6 is 0 Å². The van der Waals surface area contributed by atoms with Crippen LogP contribution in [0.5, 0.6) is 5.75 Å². The van der Waals surface area contributed by atoms with Crippen LogP contribution < -0.4 is 4.74 Å². The molecule has 3 rings (SSSR count). The maximum absolute atomic E-state index is 13.6. The number of nitrogens with zero attached hydrogens (tertiary/aromatic N) is 3. The van der Waals surface area contributed by atoms with Gasteiger partial charge in [0.1, 0.15) is 12.7 Å². The van der Waals surface area contributed by atoms with Gasteiger partial charge in [0.2, 0.25) is 0 Å². The topological polar surface area (TPSA) is 59.7 Å². The monoisotopic (exact) mass is 383 g/mol. The van der Waals surface area contributed by atoms with Crippen molar-refractivity contribution in [3.63, 3.8) is 0 Å². The van der Waals surface area contributed by atoms with Crippen LogP contribution in [-0.4, -0.2) is 60.3 Å². The van der Waals surface area contributed by atoms with E-state index in [0.29, 0.717) is 12.1 Å². The summed E-state index contributed by atoms with van der Waals surface area (Å²) in [5.74, 6) is -0.242. The summed E-state index contributed by atoms with van der Waals surface area (Å²) in [5.41, 5.74) is 1.88. The molecule has 1 fully saturated rings. The number of para-hydroxylation sites is 1. The van der Waals surface area contributed by atoms with Gasteiger partial charge in [0, 0.05) is 26.2 Å². The number of ether oxygens (including phenoxy) is 1. The Labute approximate surface area is 165 Å². The highest BCUT2D eigenvalue weighted by Gasteiger charge is 2.18. The number of hydrogen-bond acceptors (Lipinski definition) is 5. The fourth-order valence-electron chi connectivity index (χ4n) is 3.41. The molecule has 1 saturated heterocycles. The third-order valence-electron chi connectivity index (χ3n) is 4.91. The summed E-state index contributed by atoms with van der Waals surface area (Å²) >= 11 is 0. The molecule has 0 spiro atoms. The third kappa shape index (κ3) is 6.03. The van der Waals surface area contributed by atoms with E-state index < -0.39 is 11.9 Å². The van der Waals surface area contributed by atoms with Crippen LogP contribution in [0.3, 0.4) is 0 Å². The maximum atomic E-state index is 13.6. The average molecular weight is 383 g/mol. The Kier molecular flexibility index (Phi) is 7.38. The van der Waals surface area contributed by atoms with Crippen LogP contribution in [0, 0.1) is 17.1 Å². The van der Waals surface area contributed by atoms with Gasteiger partial charge in [-0.15, -0.1) is 0 Å². The van der Waals surface area contributed by atoms with E-state index in [1.165, 1.54) is 11.6 Å². The maximum Gasteiger partial charge on any atom is 0.165 e. The smallest absolute Gasteiger partial charge is 0.165 e. The molecule has 5 nitrogen and oxygen atoms in total. The number of benzene rings is 2. The van der Waals surface area contributed by atoms with Gasteiger partial charge in [-0.1, -0.05) is 24.3 Å². The van der Waals surface area contributed by atoms with Crippen molar-refractivity contribution in [1.82, 2.24) is 9.80 Å². The van der Waals surface area contributed by atoms with E-state index in [0.717, 1.165) is 39.1 Å². The first kappa shape index (κ1) is 20.3. The molecular formula is C22H26FN3O2.